The molecule has 2 aromatic carbocycles. The van der Waals surface area contributed by atoms with Crippen LogP contribution in [0.3, 0.4) is 0 Å². The molecule has 2 aromatic rings. The fourth-order valence-corrected chi connectivity index (χ4v) is 3.07. The molecular formula is C21H24N2O3. The number of Topliss-reactive ketones (excluding diaryl/α,β-unsaturated/α-hetero) is 1. The number of hydrogen-bond acceptors (Lipinski definition) is 4. The summed E-state index contributed by atoms with van der Waals surface area (Å²) in [6.45, 7) is 3.15. The van der Waals surface area contributed by atoms with E-state index in [4.69, 9.17) is 4.74 Å². The average molecular weight is 352 g/mol. The van der Waals surface area contributed by atoms with E-state index in [9.17, 15) is 9.59 Å². The van der Waals surface area contributed by atoms with Gasteiger partial charge >= 0.3 is 0 Å². The van der Waals surface area contributed by atoms with Crippen molar-refractivity contribution in [2.24, 2.45) is 0 Å². The first-order valence-electron chi connectivity index (χ1n) is 8.95. The van der Waals surface area contributed by atoms with Gasteiger partial charge < -0.3 is 10.1 Å². The van der Waals surface area contributed by atoms with Gasteiger partial charge in [0.1, 0.15) is 0 Å². The Morgan fingerprint density at radius 3 is 2.23 bits per heavy atom. The van der Waals surface area contributed by atoms with E-state index in [2.05, 4.69) is 10.2 Å². The number of nitrogens with zero attached hydrogens (tertiary/aromatic N) is 1. The minimum absolute atomic E-state index is 0.0196. The van der Waals surface area contributed by atoms with Crippen LogP contribution in [-0.4, -0.2) is 49.4 Å². The fourth-order valence-electron chi connectivity index (χ4n) is 3.07. The van der Waals surface area contributed by atoms with Crippen LogP contribution in [0.4, 0.5) is 0 Å². The molecule has 1 aliphatic rings. The van der Waals surface area contributed by atoms with Crippen LogP contribution in [0.15, 0.2) is 60.7 Å². The van der Waals surface area contributed by atoms with Crippen LogP contribution >= 0.6 is 0 Å². The molecule has 26 heavy (non-hydrogen) atoms. The molecule has 1 fully saturated rings. The first-order valence-corrected chi connectivity index (χ1v) is 8.95. The first kappa shape index (κ1) is 18.3. The standard InChI is InChI=1S/C21H24N2O3/c24-20(18-9-5-2-6-10-18)15-19(17-7-3-1-4-8-17)22-21(25)16-23-11-13-26-14-12-23/h1-10,19H,11-16H2,(H,22,25). The van der Waals surface area contributed by atoms with E-state index in [1.807, 2.05) is 48.5 Å². The molecular weight excluding hydrogens is 328 g/mol. The van der Waals surface area contributed by atoms with Crippen LogP contribution in [0.1, 0.15) is 28.4 Å². The lowest BCUT2D eigenvalue weighted by Gasteiger charge is -2.27. The molecule has 1 atom stereocenters. The van der Waals surface area contributed by atoms with Crippen molar-refractivity contribution < 1.29 is 14.3 Å². The van der Waals surface area contributed by atoms with Crippen LogP contribution in [0.2, 0.25) is 0 Å². The number of ketones is 1. The topological polar surface area (TPSA) is 58.6 Å². The molecule has 0 bridgehead atoms. The van der Waals surface area contributed by atoms with Crippen molar-refractivity contribution in [1.82, 2.24) is 10.2 Å². The average Bonchev–Trinajstić information content (AvgIpc) is 2.69. The third-order valence-corrected chi connectivity index (χ3v) is 4.49. The SMILES string of the molecule is O=C(CN1CCOCC1)NC(CC(=O)c1ccccc1)c1ccccc1. The maximum Gasteiger partial charge on any atom is 0.234 e. The van der Waals surface area contributed by atoms with Crippen molar-refractivity contribution in [2.45, 2.75) is 12.5 Å². The zero-order chi connectivity index (χ0) is 18.2. The van der Waals surface area contributed by atoms with E-state index in [0.29, 0.717) is 25.3 Å². The second kappa shape index (κ2) is 9.27. The quantitative estimate of drug-likeness (QED) is 0.778. The molecule has 1 saturated heterocycles. The largest absolute Gasteiger partial charge is 0.379 e. The second-order valence-corrected chi connectivity index (χ2v) is 6.41. The smallest absolute Gasteiger partial charge is 0.234 e. The third kappa shape index (κ3) is 5.25. The second-order valence-electron chi connectivity index (χ2n) is 6.41. The highest BCUT2D eigenvalue weighted by Gasteiger charge is 2.21. The molecule has 0 radical (unpaired) electrons. The summed E-state index contributed by atoms with van der Waals surface area (Å²) in [4.78, 5) is 27.2. The van der Waals surface area contributed by atoms with Gasteiger partial charge in [0.2, 0.25) is 5.91 Å². The van der Waals surface area contributed by atoms with Crippen LogP contribution in [0.5, 0.6) is 0 Å². The van der Waals surface area contributed by atoms with E-state index in [1.54, 1.807) is 12.1 Å². The van der Waals surface area contributed by atoms with E-state index >= 15 is 0 Å². The van der Waals surface area contributed by atoms with Gasteiger partial charge in [-0.1, -0.05) is 60.7 Å². The lowest BCUT2D eigenvalue weighted by atomic mass is 9.98. The number of hydrogen-bond donors (Lipinski definition) is 1. The molecule has 1 amide bonds. The Kier molecular flexibility index (Phi) is 6.52. The molecule has 1 heterocycles. The predicted molar refractivity (Wildman–Crippen MR) is 100.0 cm³/mol. The monoisotopic (exact) mass is 352 g/mol. The maximum absolute atomic E-state index is 12.6. The Balaban J connectivity index is 1.67. The van der Waals surface area contributed by atoms with Crippen molar-refractivity contribution in [3.63, 3.8) is 0 Å². The molecule has 0 saturated carbocycles. The van der Waals surface area contributed by atoms with Crippen molar-refractivity contribution in [2.75, 3.05) is 32.8 Å². The number of benzene rings is 2. The summed E-state index contributed by atoms with van der Waals surface area (Å²) in [7, 11) is 0. The summed E-state index contributed by atoms with van der Waals surface area (Å²) < 4.78 is 5.32. The van der Waals surface area contributed by atoms with Gasteiger partial charge in [0.25, 0.3) is 0 Å². The van der Waals surface area contributed by atoms with E-state index in [0.717, 1.165) is 18.7 Å². The molecule has 1 N–H and O–H groups in total. The Morgan fingerprint density at radius 1 is 0.962 bits per heavy atom. The van der Waals surface area contributed by atoms with Crippen LogP contribution in [-0.2, 0) is 9.53 Å². The van der Waals surface area contributed by atoms with Gasteiger partial charge in [-0.15, -0.1) is 0 Å². The number of rotatable bonds is 7. The highest BCUT2D eigenvalue weighted by Crippen LogP contribution is 2.19. The number of carbonyl (C=O) groups is 2. The molecule has 5 nitrogen and oxygen atoms in total. The van der Waals surface area contributed by atoms with Gasteiger partial charge in [-0.05, 0) is 5.56 Å². The molecule has 136 valence electrons. The molecule has 0 aliphatic carbocycles. The van der Waals surface area contributed by atoms with Gasteiger partial charge in [-0.2, -0.15) is 0 Å². The molecule has 0 aromatic heterocycles. The predicted octanol–water partition coefficient (Wildman–Crippen LogP) is 2.45. The number of nitrogens with one attached hydrogen (secondary N) is 1. The Hall–Kier alpha value is -2.50. The normalized spacial score (nSPS) is 16.0. The van der Waals surface area contributed by atoms with Gasteiger partial charge in [0.05, 0.1) is 25.8 Å². The summed E-state index contributed by atoms with van der Waals surface area (Å²) in [5.74, 6) is -0.0484. The Labute approximate surface area is 154 Å². The van der Waals surface area contributed by atoms with Gasteiger partial charge in [-0.3, -0.25) is 14.5 Å². The Bertz CT molecular complexity index is 713. The van der Waals surface area contributed by atoms with Gasteiger partial charge in [0, 0.05) is 25.1 Å². The summed E-state index contributed by atoms with van der Waals surface area (Å²) in [6.07, 6.45) is 0.239. The lowest BCUT2D eigenvalue weighted by Crippen LogP contribution is -2.44. The van der Waals surface area contributed by atoms with Crippen LogP contribution in [0.25, 0.3) is 0 Å². The van der Waals surface area contributed by atoms with Crippen molar-refractivity contribution in [1.29, 1.82) is 0 Å². The van der Waals surface area contributed by atoms with E-state index in [-0.39, 0.29) is 24.2 Å². The van der Waals surface area contributed by atoms with E-state index < -0.39 is 0 Å². The first-order chi connectivity index (χ1) is 12.7. The third-order valence-electron chi connectivity index (χ3n) is 4.49. The highest BCUT2D eigenvalue weighted by molar-refractivity contribution is 5.96. The van der Waals surface area contributed by atoms with Gasteiger partial charge in [-0.25, -0.2) is 0 Å². The van der Waals surface area contributed by atoms with E-state index in [1.165, 1.54) is 0 Å². The maximum atomic E-state index is 12.6. The molecule has 0 spiro atoms. The van der Waals surface area contributed by atoms with Crippen molar-refractivity contribution in [3.05, 3.63) is 71.8 Å². The molecule has 5 heteroatoms. The van der Waals surface area contributed by atoms with Gasteiger partial charge in [0.15, 0.2) is 5.78 Å². The zero-order valence-electron chi connectivity index (χ0n) is 14.8. The number of morpholine rings is 1. The minimum Gasteiger partial charge on any atom is -0.379 e. The lowest BCUT2D eigenvalue weighted by molar-refractivity contribution is -0.124. The fraction of sp³-hybridized carbons (Fsp3) is 0.333. The zero-order valence-corrected chi connectivity index (χ0v) is 14.8. The molecule has 1 aliphatic heterocycles. The minimum atomic E-state index is -0.336. The Morgan fingerprint density at radius 2 is 1.58 bits per heavy atom. The summed E-state index contributed by atoms with van der Waals surface area (Å²) in [5, 5.41) is 3.04. The summed E-state index contributed by atoms with van der Waals surface area (Å²) in [6, 6.07) is 18.5. The number of amides is 1. The number of carbonyl (C=O) groups excluding carboxylic acids is 2. The van der Waals surface area contributed by atoms with Crippen LogP contribution in [0, 0.1) is 0 Å². The number of ether oxygens (including phenoxy) is 1. The van der Waals surface area contributed by atoms with Crippen LogP contribution < -0.4 is 5.32 Å². The highest BCUT2D eigenvalue weighted by atomic mass is 16.5. The summed E-state index contributed by atoms with van der Waals surface area (Å²) >= 11 is 0. The molecule has 3 rings (SSSR count). The summed E-state index contributed by atoms with van der Waals surface area (Å²) in [5.41, 5.74) is 1.60. The van der Waals surface area contributed by atoms with Crippen molar-refractivity contribution in [3.8, 4) is 0 Å². The van der Waals surface area contributed by atoms with Crippen molar-refractivity contribution >= 4 is 11.7 Å². The molecule has 1 unspecified atom stereocenters.